The van der Waals surface area contributed by atoms with Crippen LogP contribution in [0.4, 0.5) is 0 Å². The van der Waals surface area contributed by atoms with Crippen LogP contribution in [-0.4, -0.2) is 69.2 Å². The van der Waals surface area contributed by atoms with Crippen LogP contribution in [0.25, 0.3) is 0 Å². The Labute approximate surface area is 172 Å². The van der Waals surface area contributed by atoms with Crippen molar-refractivity contribution < 1.29 is 29.6 Å². The summed E-state index contributed by atoms with van der Waals surface area (Å²) in [6, 6.07) is 8.92. The van der Waals surface area contributed by atoms with Gasteiger partial charge in [-0.1, -0.05) is 11.6 Å². The standard InChI is InChI=1S/C20H21ClN2O6/c1-12(29-15-4-2-14(21)3-5-15)19(27)22-6-8-23(9-7-22)20(28)13-10-16(24)18(26)17(25)11-13/h2-5,10-12,24-26H,6-9H2,1H3. The largest absolute Gasteiger partial charge is 0.504 e. The van der Waals surface area contributed by atoms with E-state index in [1.807, 2.05) is 0 Å². The average Bonchev–Trinajstić information content (AvgIpc) is 2.72. The number of benzene rings is 2. The SMILES string of the molecule is CC(Oc1ccc(Cl)cc1)C(=O)N1CCN(C(=O)c2cc(O)c(O)c(O)c2)CC1. The molecular weight excluding hydrogens is 400 g/mol. The lowest BCUT2D eigenvalue weighted by Gasteiger charge is -2.36. The van der Waals surface area contributed by atoms with Crippen molar-refractivity contribution in [3.63, 3.8) is 0 Å². The molecule has 0 aliphatic carbocycles. The van der Waals surface area contributed by atoms with E-state index in [1.54, 1.807) is 36.1 Å². The molecule has 2 aromatic carbocycles. The van der Waals surface area contributed by atoms with Crippen LogP contribution < -0.4 is 4.74 Å². The van der Waals surface area contributed by atoms with Gasteiger partial charge in [0.2, 0.25) is 0 Å². The van der Waals surface area contributed by atoms with E-state index in [9.17, 15) is 24.9 Å². The summed E-state index contributed by atoms with van der Waals surface area (Å²) >= 11 is 5.84. The van der Waals surface area contributed by atoms with Crippen LogP contribution in [0.3, 0.4) is 0 Å². The quantitative estimate of drug-likeness (QED) is 0.654. The molecule has 29 heavy (non-hydrogen) atoms. The second kappa shape index (κ2) is 8.48. The summed E-state index contributed by atoms with van der Waals surface area (Å²) in [5.41, 5.74) is 0.0528. The molecule has 3 rings (SSSR count). The summed E-state index contributed by atoms with van der Waals surface area (Å²) < 4.78 is 5.66. The molecule has 0 spiro atoms. The molecule has 1 unspecified atom stereocenters. The smallest absolute Gasteiger partial charge is 0.263 e. The summed E-state index contributed by atoms with van der Waals surface area (Å²) in [4.78, 5) is 28.3. The minimum absolute atomic E-state index is 0.0528. The third-order valence-electron chi connectivity index (χ3n) is 4.67. The van der Waals surface area contributed by atoms with Gasteiger partial charge in [0.1, 0.15) is 5.75 Å². The predicted molar refractivity (Wildman–Crippen MR) is 105 cm³/mol. The second-order valence-electron chi connectivity index (χ2n) is 6.69. The molecule has 2 aromatic rings. The summed E-state index contributed by atoms with van der Waals surface area (Å²) in [5, 5.41) is 29.1. The number of hydrogen-bond acceptors (Lipinski definition) is 6. The minimum atomic E-state index is -0.690. The highest BCUT2D eigenvalue weighted by atomic mass is 35.5. The summed E-state index contributed by atoms with van der Waals surface area (Å²) in [6.45, 7) is 2.90. The molecule has 1 heterocycles. The Morgan fingerprint density at radius 2 is 1.48 bits per heavy atom. The van der Waals surface area contributed by atoms with Crippen LogP contribution in [0.1, 0.15) is 17.3 Å². The number of halogens is 1. The van der Waals surface area contributed by atoms with E-state index in [0.29, 0.717) is 37.0 Å². The number of hydrogen-bond donors (Lipinski definition) is 3. The van der Waals surface area contributed by atoms with E-state index in [-0.39, 0.29) is 11.5 Å². The Bertz CT molecular complexity index is 887. The van der Waals surface area contributed by atoms with Crippen LogP contribution >= 0.6 is 11.6 Å². The van der Waals surface area contributed by atoms with Gasteiger partial charge in [-0.05, 0) is 43.3 Å². The fraction of sp³-hybridized carbons (Fsp3) is 0.300. The first-order chi connectivity index (χ1) is 13.8. The van der Waals surface area contributed by atoms with E-state index < -0.39 is 29.3 Å². The number of amides is 2. The lowest BCUT2D eigenvalue weighted by atomic mass is 10.1. The molecule has 9 heteroatoms. The van der Waals surface area contributed by atoms with E-state index in [0.717, 1.165) is 12.1 Å². The van der Waals surface area contributed by atoms with Crippen LogP contribution in [0, 0.1) is 0 Å². The monoisotopic (exact) mass is 420 g/mol. The van der Waals surface area contributed by atoms with Crippen molar-refractivity contribution in [1.29, 1.82) is 0 Å². The van der Waals surface area contributed by atoms with Gasteiger partial charge in [0, 0.05) is 36.8 Å². The Kier molecular flexibility index (Phi) is 6.03. The average molecular weight is 421 g/mol. The number of phenols is 3. The molecule has 0 aromatic heterocycles. The molecule has 1 fully saturated rings. The zero-order valence-electron chi connectivity index (χ0n) is 15.7. The predicted octanol–water partition coefficient (Wildman–Crippen LogP) is 2.21. The van der Waals surface area contributed by atoms with Gasteiger partial charge in [-0.25, -0.2) is 0 Å². The first-order valence-corrected chi connectivity index (χ1v) is 9.39. The Morgan fingerprint density at radius 1 is 0.966 bits per heavy atom. The topological polar surface area (TPSA) is 111 Å². The maximum absolute atomic E-state index is 12.6. The highest BCUT2D eigenvalue weighted by molar-refractivity contribution is 6.30. The van der Waals surface area contributed by atoms with Crippen molar-refractivity contribution in [2.45, 2.75) is 13.0 Å². The molecule has 0 radical (unpaired) electrons. The number of piperazine rings is 1. The molecule has 3 N–H and O–H groups in total. The van der Waals surface area contributed by atoms with Crippen molar-refractivity contribution in [2.24, 2.45) is 0 Å². The van der Waals surface area contributed by atoms with Crippen molar-refractivity contribution in [2.75, 3.05) is 26.2 Å². The van der Waals surface area contributed by atoms with E-state index in [1.165, 1.54) is 4.90 Å². The number of ether oxygens (including phenoxy) is 1. The van der Waals surface area contributed by atoms with Crippen molar-refractivity contribution in [3.05, 3.63) is 47.0 Å². The Hall–Kier alpha value is -3.13. The third-order valence-corrected chi connectivity index (χ3v) is 4.92. The highest BCUT2D eigenvalue weighted by Crippen LogP contribution is 2.35. The zero-order valence-corrected chi connectivity index (χ0v) is 16.5. The maximum Gasteiger partial charge on any atom is 0.263 e. The Morgan fingerprint density at radius 3 is 2.03 bits per heavy atom. The van der Waals surface area contributed by atoms with Crippen LogP contribution in [0.2, 0.25) is 5.02 Å². The van der Waals surface area contributed by atoms with Gasteiger partial charge < -0.3 is 29.9 Å². The fourth-order valence-electron chi connectivity index (χ4n) is 3.06. The molecule has 1 saturated heterocycles. The molecular formula is C20H21ClN2O6. The normalized spacial score (nSPS) is 15.1. The highest BCUT2D eigenvalue weighted by Gasteiger charge is 2.29. The lowest BCUT2D eigenvalue weighted by molar-refractivity contribution is -0.139. The molecule has 1 aliphatic rings. The van der Waals surface area contributed by atoms with Crippen LogP contribution in [-0.2, 0) is 4.79 Å². The van der Waals surface area contributed by atoms with Crippen molar-refractivity contribution in [1.82, 2.24) is 9.80 Å². The molecule has 154 valence electrons. The molecule has 0 bridgehead atoms. The van der Waals surface area contributed by atoms with E-state index in [4.69, 9.17) is 16.3 Å². The maximum atomic E-state index is 12.6. The van der Waals surface area contributed by atoms with Gasteiger partial charge in [0.05, 0.1) is 0 Å². The fourth-order valence-corrected chi connectivity index (χ4v) is 3.19. The zero-order chi connectivity index (χ0) is 21.1. The lowest BCUT2D eigenvalue weighted by Crippen LogP contribution is -2.53. The summed E-state index contributed by atoms with van der Waals surface area (Å²) in [7, 11) is 0. The van der Waals surface area contributed by atoms with Crippen LogP contribution in [0.5, 0.6) is 23.0 Å². The third kappa shape index (κ3) is 4.65. The summed E-state index contributed by atoms with van der Waals surface area (Å²) in [5.74, 6) is -1.88. The molecule has 1 atom stereocenters. The Balaban J connectivity index is 1.57. The molecule has 0 saturated carbocycles. The first-order valence-electron chi connectivity index (χ1n) is 9.01. The van der Waals surface area contributed by atoms with Crippen molar-refractivity contribution in [3.8, 4) is 23.0 Å². The number of nitrogens with zero attached hydrogens (tertiary/aromatic N) is 2. The first kappa shape index (κ1) is 20.6. The number of phenolic OH excluding ortho intramolecular Hbond substituents is 3. The second-order valence-corrected chi connectivity index (χ2v) is 7.13. The van der Waals surface area contributed by atoms with Gasteiger partial charge in [-0.15, -0.1) is 0 Å². The molecule has 1 aliphatic heterocycles. The number of carbonyl (C=O) groups is 2. The molecule has 8 nitrogen and oxygen atoms in total. The van der Waals surface area contributed by atoms with Gasteiger partial charge in [-0.3, -0.25) is 9.59 Å². The van der Waals surface area contributed by atoms with Crippen molar-refractivity contribution >= 4 is 23.4 Å². The van der Waals surface area contributed by atoms with Gasteiger partial charge in [0.15, 0.2) is 23.4 Å². The summed E-state index contributed by atoms with van der Waals surface area (Å²) in [6.07, 6.45) is -0.690. The van der Waals surface area contributed by atoms with E-state index >= 15 is 0 Å². The minimum Gasteiger partial charge on any atom is -0.504 e. The number of carbonyl (C=O) groups excluding carboxylic acids is 2. The van der Waals surface area contributed by atoms with Crippen LogP contribution in [0.15, 0.2) is 36.4 Å². The molecule has 2 amide bonds. The van der Waals surface area contributed by atoms with Gasteiger partial charge in [-0.2, -0.15) is 0 Å². The van der Waals surface area contributed by atoms with E-state index in [2.05, 4.69) is 0 Å². The van der Waals surface area contributed by atoms with Gasteiger partial charge in [0.25, 0.3) is 11.8 Å². The number of aromatic hydroxyl groups is 3. The van der Waals surface area contributed by atoms with Gasteiger partial charge >= 0.3 is 0 Å². The number of rotatable bonds is 4.